The summed E-state index contributed by atoms with van der Waals surface area (Å²) in [6.45, 7) is 6.27. The smallest absolute Gasteiger partial charge is 0.270 e. The molecule has 0 bridgehead atoms. The zero-order valence-electron chi connectivity index (χ0n) is 13.8. The highest BCUT2D eigenvalue weighted by Gasteiger charge is 2.36. The van der Waals surface area contributed by atoms with Gasteiger partial charge in [0.25, 0.3) is 5.91 Å². The van der Waals surface area contributed by atoms with Crippen LogP contribution in [0.3, 0.4) is 0 Å². The van der Waals surface area contributed by atoms with Gasteiger partial charge in [0.15, 0.2) is 6.10 Å². The third-order valence-corrected chi connectivity index (χ3v) is 3.93. The molecule has 1 heterocycles. The quantitative estimate of drug-likeness (QED) is 0.877. The van der Waals surface area contributed by atoms with Gasteiger partial charge in [0.2, 0.25) is 0 Å². The van der Waals surface area contributed by atoms with E-state index in [1.807, 2.05) is 32.0 Å². The number of amides is 1. The molecule has 22 heavy (non-hydrogen) atoms. The number of hydrogen-bond acceptors (Lipinski definition) is 4. The average Bonchev–Trinajstić information content (AvgIpc) is 2.49. The van der Waals surface area contributed by atoms with E-state index in [0.29, 0.717) is 5.75 Å². The molecule has 1 aliphatic heterocycles. The summed E-state index contributed by atoms with van der Waals surface area (Å²) in [6, 6.07) is 5.81. The lowest BCUT2D eigenvalue weighted by Gasteiger charge is -2.36. The maximum atomic E-state index is 12.6. The lowest BCUT2D eigenvalue weighted by molar-refractivity contribution is -0.129. The number of hydrogen-bond donors (Lipinski definition) is 1. The Morgan fingerprint density at radius 2 is 2.14 bits per heavy atom. The maximum Gasteiger partial charge on any atom is 0.270 e. The first-order valence-corrected chi connectivity index (χ1v) is 7.86. The van der Waals surface area contributed by atoms with E-state index < -0.39 is 6.10 Å². The molecule has 1 aliphatic rings. The first kappa shape index (κ1) is 16.8. The molecule has 122 valence electrons. The Bertz CT molecular complexity index is 531. The molecule has 0 radical (unpaired) electrons. The van der Waals surface area contributed by atoms with Gasteiger partial charge in [-0.3, -0.25) is 9.69 Å². The second kappa shape index (κ2) is 7.11. The van der Waals surface area contributed by atoms with Crippen LogP contribution in [0.4, 0.5) is 5.69 Å². The van der Waals surface area contributed by atoms with Gasteiger partial charge in [0.05, 0.1) is 5.69 Å². The summed E-state index contributed by atoms with van der Waals surface area (Å²) in [7, 11) is 1.58. The van der Waals surface area contributed by atoms with Crippen molar-refractivity contribution in [2.75, 3.05) is 18.7 Å². The number of ether oxygens (including phenoxy) is 2. The fourth-order valence-electron chi connectivity index (χ4n) is 2.70. The van der Waals surface area contributed by atoms with Gasteiger partial charge >= 0.3 is 0 Å². The Morgan fingerprint density at radius 1 is 1.41 bits per heavy atom. The first-order valence-electron chi connectivity index (χ1n) is 7.86. The molecular formula is C17H26N2O3. The Morgan fingerprint density at radius 3 is 2.73 bits per heavy atom. The highest BCUT2D eigenvalue weighted by atomic mass is 16.5. The molecule has 0 fully saturated rings. The van der Waals surface area contributed by atoms with Gasteiger partial charge in [-0.25, -0.2) is 0 Å². The number of carbonyl (C=O) groups excluding carboxylic acids is 1. The number of benzene rings is 1. The van der Waals surface area contributed by atoms with E-state index in [2.05, 4.69) is 6.92 Å². The van der Waals surface area contributed by atoms with Crippen molar-refractivity contribution >= 4 is 11.6 Å². The average molecular weight is 306 g/mol. The molecule has 1 aromatic carbocycles. The predicted octanol–water partition coefficient (Wildman–Crippen LogP) is 2.84. The minimum Gasteiger partial charge on any atom is -0.478 e. The molecule has 5 nitrogen and oxygen atoms in total. The van der Waals surface area contributed by atoms with Crippen LogP contribution in [0.25, 0.3) is 0 Å². The van der Waals surface area contributed by atoms with Gasteiger partial charge in [0.1, 0.15) is 12.5 Å². The zero-order valence-corrected chi connectivity index (χ0v) is 13.8. The van der Waals surface area contributed by atoms with Crippen LogP contribution in [0.2, 0.25) is 0 Å². The van der Waals surface area contributed by atoms with Crippen LogP contribution in [0, 0.1) is 5.92 Å². The van der Waals surface area contributed by atoms with E-state index in [4.69, 9.17) is 15.2 Å². The van der Waals surface area contributed by atoms with Gasteiger partial charge in [-0.1, -0.05) is 33.3 Å². The van der Waals surface area contributed by atoms with Crippen molar-refractivity contribution in [1.29, 1.82) is 0 Å². The van der Waals surface area contributed by atoms with E-state index in [0.717, 1.165) is 24.1 Å². The van der Waals surface area contributed by atoms with E-state index in [1.54, 1.807) is 12.0 Å². The SMILES string of the molecule is CCCC(N)c1ccc2c(c1)N(COC)C(=O)C(C(C)C)O2. The van der Waals surface area contributed by atoms with Crippen molar-refractivity contribution in [3.8, 4) is 5.75 Å². The highest BCUT2D eigenvalue weighted by Crippen LogP contribution is 2.37. The molecule has 0 spiro atoms. The highest BCUT2D eigenvalue weighted by molar-refractivity contribution is 6.00. The van der Waals surface area contributed by atoms with Gasteiger partial charge in [-0.05, 0) is 30.0 Å². The number of nitrogens with two attached hydrogens (primary N) is 1. The van der Waals surface area contributed by atoms with Gasteiger partial charge < -0.3 is 15.2 Å². The molecule has 0 aromatic heterocycles. The van der Waals surface area contributed by atoms with Crippen LogP contribution in [0.5, 0.6) is 5.75 Å². The number of rotatable bonds is 6. The third kappa shape index (κ3) is 3.25. The van der Waals surface area contributed by atoms with E-state index in [9.17, 15) is 4.79 Å². The van der Waals surface area contributed by atoms with Crippen molar-refractivity contribution in [3.05, 3.63) is 23.8 Å². The van der Waals surface area contributed by atoms with Crippen LogP contribution in [-0.2, 0) is 9.53 Å². The second-order valence-electron chi connectivity index (χ2n) is 6.09. The van der Waals surface area contributed by atoms with Crippen LogP contribution < -0.4 is 15.4 Å². The van der Waals surface area contributed by atoms with Gasteiger partial charge in [-0.15, -0.1) is 0 Å². The zero-order chi connectivity index (χ0) is 16.3. The third-order valence-electron chi connectivity index (χ3n) is 3.93. The van der Waals surface area contributed by atoms with Crippen molar-refractivity contribution in [3.63, 3.8) is 0 Å². The normalized spacial score (nSPS) is 19.1. The summed E-state index contributed by atoms with van der Waals surface area (Å²) in [5.41, 5.74) is 7.95. The van der Waals surface area contributed by atoms with E-state index in [-0.39, 0.29) is 24.6 Å². The topological polar surface area (TPSA) is 64.8 Å². The Labute approximate surface area is 132 Å². The summed E-state index contributed by atoms with van der Waals surface area (Å²) in [4.78, 5) is 14.3. The number of carbonyl (C=O) groups is 1. The minimum absolute atomic E-state index is 0.0300. The summed E-state index contributed by atoms with van der Waals surface area (Å²) in [5.74, 6) is 0.746. The number of fused-ring (bicyclic) bond motifs is 1. The molecular weight excluding hydrogens is 280 g/mol. The van der Waals surface area contributed by atoms with E-state index in [1.165, 1.54) is 0 Å². The molecule has 2 N–H and O–H groups in total. The molecule has 5 heteroatoms. The summed E-state index contributed by atoms with van der Waals surface area (Å²) in [5, 5.41) is 0. The molecule has 0 saturated carbocycles. The lowest BCUT2D eigenvalue weighted by atomic mass is 9.99. The standard InChI is InChI=1S/C17H26N2O3/c1-5-6-13(18)12-7-8-15-14(9-12)19(10-21-4)17(20)16(22-15)11(2)3/h7-9,11,13,16H,5-6,10,18H2,1-4H3. The Hall–Kier alpha value is -1.59. The fraction of sp³-hybridized carbons (Fsp3) is 0.588. The van der Waals surface area contributed by atoms with Crippen LogP contribution >= 0.6 is 0 Å². The Kier molecular flexibility index (Phi) is 5.42. The second-order valence-corrected chi connectivity index (χ2v) is 6.09. The minimum atomic E-state index is -0.474. The van der Waals surface area contributed by atoms with Crippen molar-refractivity contribution < 1.29 is 14.3 Å². The van der Waals surface area contributed by atoms with Crippen LogP contribution in [0.15, 0.2) is 18.2 Å². The molecule has 2 unspecified atom stereocenters. The van der Waals surface area contributed by atoms with Crippen molar-refractivity contribution in [2.45, 2.75) is 45.8 Å². The molecule has 1 amide bonds. The molecule has 2 atom stereocenters. The van der Waals surface area contributed by atoms with Crippen LogP contribution in [-0.4, -0.2) is 25.9 Å². The molecule has 0 saturated heterocycles. The van der Waals surface area contributed by atoms with Crippen molar-refractivity contribution in [1.82, 2.24) is 0 Å². The summed E-state index contributed by atoms with van der Waals surface area (Å²) < 4.78 is 11.1. The monoisotopic (exact) mass is 306 g/mol. The molecule has 2 rings (SSSR count). The van der Waals surface area contributed by atoms with Gasteiger partial charge in [-0.2, -0.15) is 0 Å². The molecule has 1 aromatic rings. The molecule has 0 aliphatic carbocycles. The summed E-state index contributed by atoms with van der Waals surface area (Å²) in [6.07, 6.45) is 1.45. The first-order chi connectivity index (χ1) is 10.5. The van der Waals surface area contributed by atoms with E-state index >= 15 is 0 Å². The lowest BCUT2D eigenvalue weighted by Crippen LogP contribution is -2.49. The Balaban J connectivity index is 2.39. The summed E-state index contributed by atoms with van der Waals surface area (Å²) >= 11 is 0. The van der Waals surface area contributed by atoms with Crippen LogP contribution in [0.1, 0.15) is 45.2 Å². The number of nitrogens with zero attached hydrogens (tertiary/aromatic N) is 1. The van der Waals surface area contributed by atoms with Crippen molar-refractivity contribution in [2.24, 2.45) is 11.7 Å². The number of methoxy groups -OCH3 is 1. The maximum absolute atomic E-state index is 12.6. The van der Waals surface area contributed by atoms with Gasteiger partial charge in [0, 0.05) is 13.2 Å². The predicted molar refractivity (Wildman–Crippen MR) is 86.9 cm³/mol. The number of anilines is 1. The fourth-order valence-corrected chi connectivity index (χ4v) is 2.70. The largest absolute Gasteiger partial charge is 0.478 e.